The quantitative estimate of drug-likeness (QED) is 0.344. The van der Waals surface area contributed by atoms with Gasteiger partial charge in [-0.05, 0) is 17.7 Å². The molecule has 1 aliphatic rings. The van der Waals surface area contributed by atoms with Gasteiger partial charge in [-0.15, -0.1) is 0 Å². The van der Waals surface area contributed by atoms with Gasteiger partial charge in [0.2, 0.25) is 11.6 Å². The summed E-state index contributed by atoms with van der Waals surface area (Å²) in [5.74, 6) is -3.28. The molecule has 5 rings (SSSR count). The number of benzene rings is 2. The van der Waals surface area contributed by atoms with Gasteiger partial charge in [-0.1, -0.05) is 13.0 Å². The van der Waals surface area contributed by atoms with Gasteiger partial charge in [0.15, 0.2) is 23.2 Å². The van der Waals surface area contributed by atoms with E-state index in [0.717, 1.165) is 12.1 Å². The minimum atomic E-state index is -0.994. The number of aromatic nitrogens is 3. The van der Waals surface area contributed by atoms with Crippen LogP contribution in [0.15, 0.2) is 47.8 Å². The Hall–Kier alpha value is -4.32. The third-order valence-corrected chi connectivity index (χ3v) is 5.89. The van der Waals surface area contributed by atoms with Crippen molar-refractivity contribution in [1.82, 2.24) is 15.0 Å². The molecule has 0 saturated carbocycles. The van der Waals surface area contributed by atoms with Crippen molar-refractivity contribution in [1.29, 1.82) is 0 Å². The molecule has 0 spiro atoms. The zero-order valence-corrected chi connectivity index (χ0v) is 19.8. The van der Waals surface area contributed by atoms with E-state index < -0.39 is 28.6 Å². The molecule has 0 aliphatic carbocycles. The third-order valence-electron chi connectivity index (χ3n) is 5.89. The minimum absolute atomic E-state index is 0.0267. The first-order chi connectivity index (χ1) is 17.8. The first kappa shape index (κ1) is 24.4. The molecular formula is C25H22F3N5O4. The molecule has 1 aliphatic heterocycles. The number of aliphatic hydroxyl groups excluding tert-OH is 1. The van der Waals surface area contributed by atoms with E-state index in [2.05, 4.69) is 25.3 Å². The van der Waals surface area contributed by atoms with Crippen molar-refractivity contribution in [2.45, 2.75) is 6.92 Å². The SMILES string of the molecule is COc1cc(-c2c[nH]c3ncnc(Oc4c(F)cc(NC5=NCC(C)(CO)CO5)cc4F)c23)ccc1F. The molecule has 4 aromatic rings. The van der Waals surface area contributed by atoms with Crippen LogP contribution >= 0.6 is 0 Å². The maximum Gasteiger partial charge on any atom is 0.289 e. The number of aliphatic hydroxyl groups is 1. The van der Waals surface area contributed by atoms with E-state index in [9.17, 15) is 18.3 Å². The molecule has 0 amide bonds. The highest BCUT2D eigenvalue weighted by molar-refractivity contribution is 5.97. The van der Waals surface area contributed by atoms with Crippen molar-refractivity contribution in [3.05, 3.63) is 60.3 Å². The summed E-state index contributed by atoms with van der Waals surface area (Å²) < 4.78 is 60.0. The lowest BCUT2D eigenvalue weighted by Gasteiger charge is -2.30. The number of methoxy groups -OCH3 is 1. The number of aliphatic imine (C=N–C) groups is 1. The van der Waals surface area contributed by atoms with Crippen molar-refractivity contribution in [2.75, 3.05) is 32.2 Å². The van der Waals surface area contributed by atoms with Crippen LogP contribution in [0.3, 0.4) is 0 Å². The molecule has 2 aromatic carbocycles. The maximum atomic E-state index is 15.0. The second kappa shape index (κ2) is 9.62. The van der Waals surface area contributed by atoms with Crippen molar-refractivity contribution in [3.63, 3.8) is 0 Å². The average molecular weight is 513 g/mol. The smallest absolute Gasteiger partial charge is 0.289 e. The van der Waals surface area contributed by atoms with Gasteiger partial charge in [0.1, 0.15) is 18.6 Å². The van der Waals surface area contributed by atoms with Gasteiger partial charge in [-0.3, -0.25) is 0 Å². The lowest BCUT2D eigenvalue weighted by Crippen LogP contribution is -2.38. The molecule has 3 heterocycles. The van der Waals surface area contributed by atoms with Crippen LogP contribution in [-0.2, 0) is 4.74 Å². The molecule has 9 nitrogen and oxygen atoms in total. The van der Waals surface area contributed by atoms with E-state index in [1.54, 1.807) is 6.20 Å². The zero-order chi connectivity index (χ0) is 26.2. The van der Waals surface area contributed by atoms with E-state index in [1.165, 1.54) is 31.6 Å². The number of fused-ring (bicyclic) bond motifs is 1. The predicted molar refractivity (Wildman–Crippen MR) is 129 cm³/mol. The van der Waals surface area contributed by atoms with Gasteiger partial charge in [0.05, 0.1) is 25.6 Å². The van der Waals surface area contributed by atoms with Crippen LogP contribution in [0.2, 0.25) is 0 Å². The fourth-order valence-electron chi connectivity index (χ4n) is 3.78. The molecule has 2 aromatic heterocycles. The van der Waals surface area contributed by atoms with E-state index in [0.29, 0.717) is 28.7 Å². The number of anilines is 1. The van der Waals surface area contributed by atoms with Gasteiger partial charge in [0, 0.05) is 35.0 Å². The second-order valence-corrected chi connectivity index (χ2v) is 8.83. The molecule has 37 heavy (non-hydrogen) atoms. The molecule has 1 unspecified atom stereocenters. The van der Waals surface area contributed by atoms with Gasteiger partial charge < -0.3 is 29.6 Å². The van der Waals surface area contributed by atoms with Crippen LogP contribution in [0.1, 0.15) is 6.92 Å². The first-order valence-corrected chi connectivity index (χ1v) is 11.2. The fraction of sp³-hybridized carbons (Fsp3) is 0.240. The molecule has 192 valence electrons. The number of ether oxygens (including phenoxy) is 3. The third kappa shape index (κ3) is 4.75. The lowest BCUT2D eigenvalue weighted by molar-refractivity contribution is 0.0706. The molecular weight excluding hydrogens is 491 g/mol. The van der Waals surface area contributed by atoms with Crippen LogP contribution in [0, 0.1) is 22.9 Å². The Bertz CT molecular complexity index is 1490. The number of hydrogen-bond acceptors (Lipinski definition) is 8. The van der Waals surface area contributed by atoms with Crippen LogP contribution < -0.4 is 14.8 Å². The number of H-pyrrole nitrogens is 1. The van der Waals surface area contributed by atoms with Crippen molar-refractivity contribution in [2.24, 2.45) is 10.4 Å². The van der Waals surface area contributed by atoms with E-state index in [1.807, 2.05) is 6.92 Å². The van der Waals surface area contributed by atoms with Gasteiger partial charge in [-0.25, -0.2) is 28.1 Å². The lowest BCUT2D eigenvalue weighted by atomic mass is 9.93. The van der Waals surface area contributed by atoms with Crippen LogP contribution in [-0.4, -0.2) is 52.9 Å². The van der Waals surface area contributed by atoms with Gasteiger partial charge in [-0.2, -0.15) is 0 Å². The van der Waals surface area contributed by atoms with Crippen LogP contribution in [0.4, 0.5) is 18.9 Å². The minimum Gasteiger partial charge on any atom is -0.494 e. The number of halogens is 3. The standard InChI is InChI=1S/C25H22F3N5O4/c1-25(10-34)9-30-24(36-11-25)33-14-6-17(27)21(18(28)7-14)37-23-20-15(8-29-22(20)31-12-32-23)13-3-4-16(26)19(5-13)35-2/h3-8,12,34H,9-11H2,1-2H3,(H,30,33)(H,29,31,32). The number of nitrogens with one attached hydrogen (secondary N) is 2. The van der Waals surface area contributed by atoms with E-state index in [4.69, 9.17) is 14.2 Å². The maximum absolute atomic E-state index is 15.0. The van der Waals surface area contributed by atoms with Crippen molar-refractivity contribution >= 4 is 22.7 Å². The highest BCUT2D eigenvalue weighted by Crippen LogP contribution is 2.38. The second-order valence-electron chi connectivity index (χ2n) is 8.83. The van der Waals surface area contributed by atoms with Gasteiger partial charge >= 0.3 is 0 Å². The van der Waals surface area contributed by atoms with E-state index in [-0.39, 0.29) is 36.6 Å². The number of nitrogens with zero attached hydrogens (tertiary/aromatic N) is 3. The Labute approximate surface area is 209 Å². The normalized spacial score (nSPS) is 17.3. The fourth-order valence-corrected chi connectivity index (χ4v) is 3.78. The van der Waals surface area contributed by atoms with Crippen LogP contribution in [0.25, 0.3) is 22.2 Å². The Morgan fingerprint density at radius 2 is 1.92 bits per heavy atom. The summed E-state index contributed by atoms with van der Waals surface area (Å²) in [5.41, 5.74) is 0.964. The number of amidine groups is 1. The zero-order valence-electron chi connectivity index (χ0n) is 19.8. The molecule has 0 radical (unpaired) electrons. The Morgan fingerprint density at radius 1 is 1.14 bits per heavy atom. The molecule has 0 saturated heterocycles. The summed E-state index contributed by atoms with van der Waals surface area (Å²) in [6.45, 7) is 2.20. The van der Waals surface area contributed by atoms with Crippen LogP contribution in [0.5, 0.6) is 17.4 Å². The highest BCUT2D eigenvalue weighted by atomic mass is 19.1. The summed E-state index contributed by atoms with van der Waals surface area (Å²) >= 11 is 0. The highest BCUT2D eigenvalue weighted by Gasteiger charge is 2.29. The number of hydrogen-bond donors (Lipinski definition) is 3. The molecule has 0 fully saturated rings. The van der Waals surface area contributed by atoms with E-state index >= 15 is 0 Å². The van der Waals surface area contributed by atoms with Gasteiger partial charge in [0.25, 0.3) is 6.02 Å². The summed E-state index contributed by atoms with van der Waals surface area (Å²) in [5, 5.41) is 12.5. The Balaban J connectivity index is 1.45. The largest absolute Gasteiger partial charge is 0.494 e. The predicted octanol–water partition coefficient (Wildman–Crippen LogP) is 4.64. The topological polar surface area (TPSA) is 114 Å². The number of rotatable bonds is 6. The average Bonchev–Trinajstić information content (AvgIpc) is 3.33. The molecule has 1 atom stereocenters. The molecule has 3 N–H and O–H groups in total. The van der Waals surface area contributed by atoms with Crippen molar-refractivity contribution < 1.29 is 32.5 Å². The summed E-state index contributed by atoms with van der Waals surface area (Å²) in [6, 6.07) is 6.40. The molecule has 12 heteroatoms. The summed E-state index contributed by atoms with van der Waals surface area (Å²) in [6.07, 6.45) is 2.79. The first-order valence-electron chi connectivity index (χ1n) is 11.2. The monoisotopic (exact) mass is 513 g/mol. The Kier molecular flexibility index (Phi) is 6.34. The number of aromatic amines is 1. The van der Waals surface area contributed by atoms with Crippen molar-refractivity contribution in [3.8, 4) is 28.5 Å². The Morgan fingerprint density at radius 3 is 2.59 bits per heavy atom. The summed E-state index contributed by atoms with van der Waals surface area (Å²) in [7, 11) is 1.35. The molecule has 0 bridgehead atoms. The summed E-state index contributed by atoms with van der Waals surface area (Å²) in [4.78, 5) is 15.3.